The van der Waals surface area contributed by atoms with Crippen molar-refractivity contribution >= 4 is 23.8 Å². The molecule has 0 spiro atoms. The number of hydrogen-bond donors (Lipinski definition) is 1. The number of ether oxygens (including phenoxy) is 6. The lowest BCUT2D eigenvalue weighted by Crippen LogP contribution is -2.22. The quantitative estimate of drug-likeness (QED) is 0.256. The van der Waals surface area contributed by atoms with E-state index in [0.717, 1.165) is 0 Å². The zero-order valence-electron chi connectivity index (χ0n) is 21.3. The summed E-state index contributed by atoms with van der Waals surface area (Å²) in [5.74, 6) is -0.399. The molecule has 2 aliphatic rings. The van der Waals surface area contributed by atoms with E-state index in [2.05, 4.69) is 0 Å². The molecule has 0 saturated carbocycles. The average Bonchev–Trinajstić information content (AvgIpc) is 3.25. The summed E-state index contributed by atoms with van der Waals surface area (Å²) >= 11 is 0. The minimum atomic E-state index is -1.14. The first-order valence-corrected chi connectivity index (χ1v) is 11.9. The highest BCUT2D eigenvalue weighted by molar-refractivity contribution is 6.15. The first-order chi connectivity index (χ1) is 18.8. The van der Waals surface area contributed by atoms with Gasteiger partial charge in [-0.3, -0.25) is 9.59 Å². The minimum absolute atomic E-state index is 0.0370. The Kier molecular flexibility index (Phi) is 6.84. The van der Waals surface area contributed by atoms with Crippen molar-refractivity contribution in [3.05, 3.63) is 76.5 Å². The van der Waals surface area contributed by atoms with Crippen LogP contribution in [0, 0.1) is 0 Å². The Hall–Kier alpha value is -4.99. The van der Waals surface area contributed by atoms with Crippen molar-refractivity contribution in [3.8, 4) is 34.5 Å². The maximum Gasteiger partial charge on any atom is 0.341 e. The van der Waals surface area contributed by atoms with Crippen LogP contribution < -0.4 is 28.4 Å². The van der Waals surface area contributed by atoms with Gasteiger partial charge in [0.1, 0.15) is 23.0 Å². The Bertz CT molecular complexity index is 1520. The monoisotopic (exact) mass is 532 g/mol. The Morgan fingerprint density at radius 2 is 1.67 bits per heavy atom. The number of para-hydroxylation sites is 1. The number of hydrogen-bond acceptors (Lipinski definition) is 9. The van der Waals surface area contributed by atoms with Gasteiger partial charge in [0.25, 0.3) is 0 Å². The molecule has 200 valence electrons. The number of methoxy groups -OCH3 is 3. The molecule has 2 aliphatic heterocycles. The second-order valence-corrected chi connectivity index (χ2v) is 8.69. The van der Waals surface area contributed by atoms with Crippen molar-refractivity contribution in [1.29, 1.82) is 0 Å². The number of carbonyl (C=O) groups excluding carboxylic acids is 2. The lowest BCUT2D eigenvalue weighted by molar-refractivity contribution is -0.139. The zero-order chi connectivity index (χ0) is 27.7. The van der Waals surface area contributed by atoms with E-state index in [1.807, 2.05) is 0 Å². The molecular formula is C29H24O10. The summed E-state index contributed by atoms with van der Waals surface area (Å²) in [6, 6.07) is 13.2. The van der Waals surface area contributed by atoms with Crippen LogP contribution in [0.4, 0.5) is 0 Å². The molecule has 5 rings (SSSR count). The second-order valence-electron chi connectivity index (χ2n) is 8.69. The molecule has 10 heteroatoms. The Balaban J connectivity index is 1.60. The fourth-order valence-corrected chi connectivity index (χ4v) is 4.72. The second kappa shape index (κ2) is 10.4. The number of carboxylic acid groups (broad SMARTS) is 1. The number of benzene rings is 3. The third-order valence-corrected chi connectivity index (χ3v) is 6.45. The van der Waals surface area contributed by atoms with E-state index >= 15 is 0 Å². The summed E-state index contributed by atoms with van der Waals surface area (Å²) in [4.78, 5) is 37.1. The van der Waals surface area contributed by atoms with Gasteiger partial charge in [0.2, 0.25) is 5.78 Å². The SMILES string of the molecule is COc1cc(OC)c(OC)cc1/C=C1\Oc2c(ccc3c2C(c2ccccc2OCC(=O)O)CC(=O)O3)C1=O. The molecule has 2 heterocycles. The van der Waals surface area contributed by atoms with Crippen molar-refractivity contribution in [1.82, 2.24) is 0 Å². The minimum Gasteiger partial charge on any atom is -0.496 e. The van der Waals surface area contributed by atoms with E-state index in [0.29, 0.717) is 45.3 Å². The Morgan fingerprint density at radius 1 is 0.949 bits per heavy atom. The molecule has 0 amide bonds. The predicted molar refractivity (Wildman–Crippen MR) is 137 cm³/mol. The van der Waals surface area contributed by atoms with Gasteiger partial charge < -0.3 is 33.5 Å². The van der Waals surface area contributed by atoms with Crippen molar-refractivity contribution in [3.63, 3.8) is 0 Å². The summed E-state index contributed by atoms with van der Waals surface area (Å²) in [5.41, 5.74) is 1.89. The summed E-state index contributed by atoms with van der Waals surface area (Å²) in [6.45, 7) is -0.553. The number of rotatable bonds is 8. The van der Waals surface area contributed by atoms with Gasteiger partial charge in [-0.2, -0.15) is 0 Å². The topological polar surface area (TPSA) is 127 Å². The van der Waals surface area contributed by atoms with Crippen LogP contribution in [0.1, 0.15) is 39.4 Å². The fourth-order valence-electron chi connectivity index (χ4n) is 4.72. The molecule has 39 heavy (non-hydrogen) atoms. The van der Waals surface area contributed by atoms with E-state index in [4.69, 9.17) is 33.5 Å². The van der Waals surface area contributed by atoms with Crippen molar-refractivity contribution in [2.75, 3.05) is 27.9 Å². The maximum atomic E-state index is 13.4. The van der Waals surface area contributed by atoms with Gasteiger partial charge in [-0.05, 0) is 30.3 Å². The van der Waals surface area contributed by atoms with E-state index in [1.54, 1.807) is 54.6 Å². The molecule has 3 aromatic carbocycles. The van der Waals surface area contributed by atoms with Gasteiger partial charge >= 0.3 is 11.9 Å². The molecule has 1 N–H and O–H groups in total. The van der Waals surface area contributed by atoms with Gasteiger partial charge in [-0.25, -0.2) is 4.79 Å². The van der Waals surface area contributed by atoms with Crippen LogP contribution >= 0.6 is 0 Å². The molecule has 0 bridgehead atoms. The maximum absolute atomic E-state index is 13.4. The van der Waals surface area contributed by atoms with Crippen molar-refractivity contribution in [2.45, 2.75) is 12.3 Å². The molecule has 0 radical (unpaired) electrons. The number of allylic oxidation sites excluding steroid dienone is 1. The van der Waals surface area contributed by atoms with Crippen LogP contribution in [0.15, 0.2) is 54.3 Å². The molecule has 0 aliphatic carbocycles. The number of ketones is 1. The summed E-state index contributed by atoms with van der Waals surface area (Å²) in [6.07, 6.45) is 1.49. The van der Waals surface area contributed by atoms with Crippen LogP contribution in [0.5, 0.6) is 34.5 Å². The molecule has 10 nitrogen and oxygen atoms in total. The molecule has 0 fully saturated rings. The summed E-state index contributed by atoms with van der Waals surface area (Å²) < 4.78 is 33.3. The number of carboxylic acids is 1. The Labute approximate surface area is 223 Å². The number of fused-ring (bicyclic) bond motifs is 3. The molecule has 1 unspecified atom stereocenters. The van der Waals surface area contributed by atoms with E-state index in [1.165, 1.54) is 21.3 Å². The smallest absolute Gasteiger partial charge is 0.341 e. The summed E-state index contributed by atoms with van der Waals surface area (Å²) in [7, 11) is 4.50. The molecule has 0 aromatic heterocycles. The lowest BCUT2D eigenvalue weighted by Gasteiger charge is -2.27. The molecule has 3 aromatic rings. The zero-order valence-corrected chi connectivity index (χ0v) is 21.3. The van der Waals surface area contributed by atoms with Gasteiger partial charge in [0, 0.05) is 28.7 Å². The first kappa shape index (κ1) is 25.7. The highest BCUT2D eigenvalue weighted by Crippen LogP contribution is 2.50. The Morgan fingerprint density at radius 3 is 2.38 bits per heavy atom. The molecule has 0 saturated heterocycles. The highest BCUT2D eigenvalue weighted by Gasteiger charge is 2.39. The third kappa shape index (κ3) is 4.72. The normalized spacial score (nSPS) is 16.6. The standard InChI is InChI=1S/C29H24O10/c1-34-21-13-23(36-3)22(35-2)10-15(21)11-24-28(33)17-8-9-20-27(29(17)39-24)18(12-26(32)38-20)16-6-4-5-7-19(16)37-14-25(30)31/h4-11,13,18H,12,14H2,1-3H3,(H,30,31)/b24-11-. The molecule has 1 atom stereocenters. The van der Waals surface area contributed by atoms with Crippen LogP contribution in [0.25, 0.3) is 6.08 Å². The number of esters is 1. The fraction of sp³-hybridized carbons (Fsp3) is 0.207. The number of aliphatic carboxylic acids is 1. The lowest BCUT2D eigenvalue weighted by atomic mass is 9.84. The third-order valence-electron chi connectivity index (χ3n) is 6.45. The van der Waals surface area contributed by atoms with Crippen molar-refractivity contribution in [2.24, 2.45) is 0 Å². The van der Waals surface area contributed by atoms with Crippen LogP contribution in [-0.2, 0) is 9.59 Å². The van der Waals surface area contributed by atoms with Crippen LogP contribution in [-0.4, -0.2) is 50.8 Å². The predicted octanol–water partition coefficient (Wildman–Crippen LogP) is 4.23. The van der Waals surface area contributed by atoms with E-state index in [-0.39, 0.29) is 29.5 Å². The number of Topliss-reactive ketones (excluding diaryl/α,β-unsaturated/α-hetero) is 1. The van der Waals surface area contributed by atoms with E-state index < -0.39 is 24.5 Å². The van der Waals surface area contributed by atoms with Gasteiger partial charge in [0.05, 0.1) is 33.3 Å². The number of carbonyl (C=O) groups is 3. The average molecular weight is 533 g/mol. The van der Waals surface area contributed by atoms with Crippen LogP contribution in [0.3, 0.4) is 0 Å². The van der Waals surface area contributed by atoms with Crippen LogP contribution in [0.2, 0.25) is 0 Å². The first-order valence-electron chi connectivity index (χ1n) is 11.9. The van der Waals surface area contributed by atoms with Gasteiger partial charge in [-0.1, -0.05) is 18.2 Å². The van der Waals surface area contributed by atoms with Crippen molar-refractivity contribution < 1.29 is 47.9 Å². The highest BCUT2D eigenvalue weighted by atomic mass is 16.5. The molecular weight excluding hydrogens is 508 g/mol. The van der Waals surface area contributed by atoms with Gasteiger partial charge in [0.15, 0.2) is 23.9 Å². The van der Waals surface area contributed by atoms with E-state index in [9.17, 15) is 14.4 Å². The van der Waals surface area contributed by atoms with Gasteiger partial charge in [-0.15, -0.1) is 0 Å². The summed E-state index contributed by atoms with van der Waals surface area (Å²) in [5, 5.41) is 9.10. The largest absolute Gasteiger partial charge is 0.496 e.